The number of benzene rings is 1. The smallest absolute Gasteiger partial charge is 0.330 e. The number of hydrogen-bond donors (Lipinski definition) is 1. The molecule has 3 aromatic heterocycles. The van der Waals surface area contributed by atoms with Gasteiger partial charge >= 0.3 is 5.69 Å². The van der Waals surface area contributed by atoms with Crippen molar-refractivity contribution in [2.24, 2.45) is 0 Å². The van der Waals surface area contributed by atoms with Crippen LogP contribution in [0.25, 0.3) is 22.4 Å². The Balaban J connectivity index is 2.00. The molecule has 0 amide bonds. The Kier molecular flexibility index (Phi) is 3.35. The Bertz CT molecular complexity index is 1110. The van der Waals surface area contributed by atoms with Gasteiger partial charge in [-0.2, -0.15) is 0 Å². The van der Waals surface area contributed by atoms with Crippen LogP contribution in [0.2, 0.25) is 0 Å². The maximum Gasteiger partial charge on any atom is 0.330 e. The molecule has 0 atom stereocenters. The maximum atomic E-state index is 12.4. The van der Waals surface area contributed by atoms with E-state index in [1.54, 1.807) is 24.4 Å². The van der Waals surface area contributed by atoms with Gasteiger partial charge in [0.25, 0.3) is 5.56 Å². The molecular formula is C18H13N3O3. The van der Waals surface area contributed by atoms with Gasteiger partial charge in [0, 0.05) is 11.8 Å². The van der Waals surface area contributed by atoms with Crippen LogP contribution in [0.15, 0.2) is 75.0 Å². The largest absolute Gasteiger partial charge is 0.464 e. The molecule has 0 radical (unpaired) electrons. The number of nitrogens with zero attached hydrogens (tertiary/aromatic N) is 2. The van der Waals surface area contributed by atoms with E-state index in [-0.39, 0.29) is 0 Å². The number of aromatic nitrogens is 3. The number of pyridine rings is 1. The summed E-state index contributed by atoms with van der Waals surface area (Å²) in [7, 11) is 0. The normalized spacial score (nSPS) is 11.0. The van der Waals surface area contributed by atoms with Crippen LogP contribution in [0.1, 0.15) is 5.56 Å². The molecule has 0 fully saturated rings. The first-order valence-corrected chi connectivity index (χ1v) is 7.43. The quantitative estimate of drug-likeness (QED) is 0.629. The fraction of sp³-hybridized carbons (Fsp3) is 0.0556. The number of rotatable bonds is 3. The molecule has 1 aromatic carbocycles. The molecule has 0 unspecified atom stereocenters. The molecule has 0 spiro atoms. The molecule has 6 heteroatoms. The molecule has 6 nitrogen and oxygen atoms in total. The van der Waals surface area contributed by atoms with Gasteiger partial charge in [-0.05, 0) is 23.8 Å². The second-order valence-electron chi connectivity index (χ2n) is 5.37. The molecule has 0 aliphatic rings. The minimum atomic E-state index is -0.486. The van der Waals surface area contributed by atoms with E-state index < -0.39 is 11.2 Å². The lowest BCUT2D eigenvalue weighted by Gasteiger charge is -2.10. The number of aromatic amines is 1. The molecular weight excluding hydrogens is 306 g/mol. The van der Waals surface area contributed by atoms with Crippen molar-refractivity contribution in [3.63, 3.8) is 0 Å². The van der Waals surface area contributed by atoms with Gasteiger partial charge in [0.15, 0.2) is 5.65 Å². The van der Waals surface area contributed by atoms with Crippen molar-refractivity contribution in [1.29, 1.82) is 0 Å². The van der Waals surface area contributed by atoms with E-state index in [0.717, 1.165) is 5.56 Å². The second-order valence-corrected chi connectivity index (χ2v) is 5.37. The van der Waals surface area contributed by atoms with E-state index in [0.29, 0.717) is 28.9 Å². The monoisotopic (exact) mass is 319 g/mol. The lowest BCUT2D eigenvalue weighted by molar-refractivity contribution is 0.582. The van der Waals surface area contributed by atoms with Gasteiger partial charge in [0.2, 0.25) is 0 Å². The van der Waals surface area contributed by atoms with Crippen molar-refractivity contribution in [2.75, 3.05) is 0 Å². The van der Waals surface area contributed by atoms with E-state index in [1.165, 1.54) is 10.8 Å². The number of nitrogens with one attached hydrogen (secondary N) is 1. The molecule has 4 rings (SSSR count). The third-order valence-electron chi connectivity index (χ3n) is 3.85. The summed E-state index contributed by atoms with van der Waals surface area (Å²) in [5.41, 5.74) is 0.923. The minimum Gasteiger partial charge on any atom is -0.464 e. The highest BCUT2D eigenvalue weighted by Crippen LogP contribution is 2.24. The Morgan fingerprint density at radius 2 is 1.88 bits per heavy atom. The van der Waals surface area contributed by atoms with Crippen LogP contribution < -0.4 is 11.2 Å². The van der Waals surface area contributed by atoms with E-state index in [1.807, 2.05) is 30.3 Å². The van der Waals surface area contributed by atoms with Crippen LogP contribution in [0, 0.1) is 0 Å². The predicted molar refractivity (Wildman–Crippen MR) is 89.9 cm³/mol. The van der Waals surface area contributed by atoms with E-state index in [2.05, 4.69) is 9.97 Å². The molecule has 1 N–H and O–H groups in total. The highest BCUT2D eigenvalue weighted by atomic mass is 16.3. The predicted octanol–water partition coefficient (Wildman–Crippen LogP) is 2.39. The molecule has 24 heavy (non-hydrogen) atoms. The summed E-state index contributed by atoms with van der Waals surface area (Å²) in [6.07, 6.45) is 3.11. The molecule has 0 aliphatic heterocycles. The van der Waals surface area contributed by atoms with Crippen LogP contribution in [0.4, 0.5) is 0 Å². The zero-order valence-corrected chi connectivity index (χ0v) is 12.6. The van der Waals surface area contributed by atoms with E-state index in [9.17, 15) is 9.59 Å². The summed E-state index contributed by atoms with van der Waals surface area (Å²) in [6, 6.07) is 14.8. The second kappa shape index (κ2) is 5.66. The van der Waals surface area contributed by atoms with Crippen LogP contribution >= 0.6 is 0 Å². The number of hydrogen-bond acceptors (Lipinski definition) is 4. The Morgan fingerprint density at radius 3 is 2.62 bits per heavy atom. The number of furan rings is 1. The minimum absolute atomic E-state index is 0.321. The molecule has 3 heterocycles. The zero-order valence-electron chi connectivity index (χ0n) is 12.6. The molecule has 0 aliphatic carbocycles. The van der Waals surface area contributed by atoms with Crippen molar-refractivity contribution in [1.82, 2.24) is 14.5 Å². The topological polar surface area (TPSA) is 80.9 Å². The third kappa shape index (κ3) is 2.34. The van der Waals surface area contributed by atoms with Crippen molar-refractivity contribution in [3.8, 4) is 11.3 Å². The lowest BCUT2D eigenvalue weighted by atomic mass is 10.1. The molecule has 118 valence electrons. The highest BCUT2D eigenvalue weighted by Gasteiger charge is 2.15. The summed E-state index contributed by atoms with van der Waals surface area (Å²) >= 11 is 0. The summed E-state index contributed by atoms with van der Waals surface area (Å²) in [4.78, 5) is 31.3. The van der Waals surface area contributed by atoms with E-state index >= 15 is 0 Å². The van der Waals surface area contributed by atoms with Crippen molar-refractivity contribution in [3.05, 3.63) is 87.4 Å². The summed E-state index contributed by atoms with van der Waals surface area (Å²) in [5, 5.41) is 0.336. The third-order valence-corrected chi connectivity index (χ3v) is 3.85. The summed E-state index contributed by atoms with van der Waals surface area (Å²) in [5.74, 6) is 0.554. The van der Waals surface area contributed by atoms with Gasteiger partial charge in [-0.1, -0.05) is 30.3 Å². The summed E-state index contributed by atoms with van der Waals surface area (Å²) in [6.45, 7) is 0.321. The maximum absolute atomic E-state index is 12.4. The van der Waals surface area contributed by atoms with Gasteiger partial charge in [0.05, 0.1) is 18.2 Å². The lowest BCUT2D eigenvalue weighted by Crippen LogP contribution is -2.31. The zero-order chi connectivity index (χ0) is 16.5. The van der Waals surface area contributed by atoms with Crippen LogP contribution in [-0.2, 0) is 6.54 Å². The van der Waals surface area contributed by atoms with E-state index in [4.69, 9.17) is 4.42 Å². The van der Waals surface area contributed by atoms with Crippen LogP contribution in [-0.4, -0.2) is 14.5 Å². The van der Waals surface area contributed by atoms with Crippen LogP contribution in [0.5, 0.6) is 0 Å². The number of H-pyrrole nitrogens is 1. The average molecular weight is 319 g/mol. The Morgan fingerprint density at radius 1 is 1.04 bits per heavy atom. The van der Waals surface area contributed by atoms with Gasteiger partial charge in [-0.3, -0.25) is 14.3 Å². The Labute approximate surface area is 136 Å². The average Bonchev–Trinajstić information content (AvgIpc) is 3.13. The first kappa shape index (κ1) is 14.2. The van der Waals surface area contributed by atoms with Crippen molar-refractivity contribution in [2.45, 2.75) is 6.54 Å². The first-order chi connectivity index (χ1) is 11.7. The number of fused-ring (bicyclic) bond motifs is 1. The molecule has 0 saturated heterocycles. The Hall–Kier alpha value is -3.41. The standard InChI is InChI=1S/C18H13N3O3/c22-17-15-13(14-7-4-10-24-14)8-9-19-16(15)21(18(23)20-17)11-12-5-2-1-3-6-12/h1-10H,11H2,(H,20,22,23). The fourth-order valence-corrected chi connectivity index (χ4v) is 2.75. The fourth-order valence-electron chi connectivity index (χ4n) is 2.75. The van der Waals surface area contributed by atoms with Gasteiger partial charge < -0.3 is 4.42 Å². The van der Waals surface area contributed by atoms with Gasteiger partial charge in [-0.25, -0.2) is 9.78 Å². The van der Waals surface area contributed by atoms with Crippen molar-refractivity contribution < 1.29 is 4.42 Å². The van der Waals surface area contributed by atoms with Crippen molar-refractivity contribution >= 4 is 11.0 Å². The van der Waals surface area contributed by atoms with Gasteiger partial charge in [0.1, 0.15) is 5.76 Å². The molecule has 0 bridgehead atoms. The highest BCUT2D eigenvalue weighted by molar-refractivity contribution is 5.90. The molecule has 0 saturated carbocycles. The summed E-state index contributed by atoms with van der Waals surface area (Å²) < 4.78 is 6.86. The first-order valence-electron chi connectivity index (χ1n) is 7.43. The van der Waals surface area contributed by atoms with Crippen LogP contribution in [0.3, 0.4) is 0 Å². The molecule has 4 aromatic rings. The van der Waals surface area contributed by atoms with Gasteiger partial charge in [-0.15, -0.1) is 0 Å². The SMILES string of the molecule is O=c1[nH]c(=O)n(Cc2ccccc2)c2nccc(-c3ccco3)c12.